The van der Waals surface area contributed by atoms with Crippen LogP contribution in [0.25, 0.3) is 0 Å². The molecule has 0 aromatic carbocycles. The fraction of sp³-hybridized carbons (Fsp3) is 0.882. The number of carbonyl (C=O) groups excluding carboxylic acids is 2. The number of aliphatic hydroxyl groups is 1. The van der Waals surface area contributed by atoms with Crippen molar-refractivity contribution in [2.24, 2.45) is 5.41 Å². The number of carbonyl (C=O) groups is 2. The van der Waals surface area contributed by atoms with Gasteiger partial charge in [0.25, 0.3) is 0 Å². The van der Waals surface area contributed by atoms with Crippen molar-refractivity contribution < 1.29 is 14.7 Å². The van der Waals surface area contributed by atoms with Crippen LogP contribution in [-0.2, 0) is 4.79 Å². The summed E-state index contributed by atoms with van der Waals surface area (Å²) >= 11 is 0. The van der Waals surface area contributed by atoms with Crippen molar-refractivity contribution in [2.75, 3.05) is 39.3 Å². The minimum atomic E-state index is -0.481. The average Bonchev–Trinajstić information content (AvgIpc) is 3.05. The van der Waals surface area contributed by atoms with Crippen molar-refractivity contribution in [3.63, 3.8) is 0 Å². The summed E-state index contributed by atoms with van der Waals surface area (Å²) in [6.07, 6.45) is 5.21. The van der Waals surface area contributed by atoms with Crippen molar-refractivity contribution in [2.45, 2.75) is 51.6 Å². The van der Waals surface area contributed by atoms with Gasteiger partial charge in [-0.2, -0.15) is 0 Å². The summed E-state index contributed by atoms with van der Waals surface area (Å²) in [6.45, 7) is 6.29. The van der Waals surface area contributed by atoms with Crippen molar-refractivity contribution in [1.29, 1.82) is 0 Å². The topological polar surface area (TPSA) is 64.1 Å². The molecule has 6 nitrogen and oxygen atoms in total. The molecule has 0 aliphatic carbocycles. The van der Waals surface area contributed by atoms with Gasteiger partial charge < -0.3 is 19.8 Å². The Bertz CT molecular complexity index is 452. The van der Waals surface area contributed by atoms with E-state index in [1.807, 2.05) is 14.7 Å². The van der Waals surface area contributed by atoms with E-state index in [0.29, 0.717) is 13.0 Å². The van der Waals surface area contributed by atoms with Crippen LogP contribution in [-0.4, -0.2) is 77.1 Å². The van der Waals surface area contributed by atoms with Crippen LogP contribution in [0.1, 0.15) is 45.4 Å². The van der Waals surface area contributed by atoms with E-state index in [9.17, 15) is 14.7 Å². The molecule has 6 heteroatoms. The van der Waals surface area contributed by atoms with E-state index in [4.69, 9.17) is 0 Å². The Labute approximate surface area is 138 Å². The van der Waals surface area contributed by atoms with E-state index in [0.717, 1.165) is 64.8 Å². The lowest BCUT2D eigenvalue weighted by Gasteiger charge is -2.48. The summed E-state index contributed by atoms with van der Waals surface area (Å²) in [6, 6.07) is 0.199. The number of urea groups is 1. The normalized spacial score (nSPS) is 26.0. The molecule has 3 amide bonds. The van der Waals surface area contributed by atoms with Gasteiger partial charge >= 0.3 is 6.03 Å². The second-order valence-electron chi connectivity index (χ2n) is 7.59. The number of hydrogen-bond donors (Lipinski definition) is 1. The highest BCUT2D eigenvalue weighted by atomic mass is 16.3. The van der Waals surface area contributed by atoms with Gasteiger partial charge in [0.15, 0.2) is 0 Å². The van der Waals surface area contributed by atoms with Crippen molar-refractivity contribution in [3.8, 4) is 0 Å². The molecule has 23 heavy (non-hydrogen) atoms. The summed E-state index contributed by atoms with van der Waals surface area (Å²) < 4.78 is 0. The van der Waals surface area contributed by atoms with Crippen molar-refractivity contribution in [3.05, 3.63) is 0 Å². The van der Waals surface area contributed by atoms with Crippen LogP contribution < -0.4 is 0 Å². The predicted molar refractivity (Wildman–Crippen MR) is 86.9 cm³/mol. The zero-order valence-corrected chi connectivity index (χ0v) is 14.2. The molecule has 0 bridgehead atoms. The zero-order valence-electron chi connectivity index (χ0n) is 14.2. The Morgan fingerprint density at radius 2 is 1.74 bits per heavy atom. The molecule has 1 atom stereocenters. The Morgan fingerprint density at radius 3 is 2.35 bits per heavy atom. The highest BCUT2D eigenvalue weighted by Crippen LogP contribution is 2.40. The van der Waals surface area contributed by atoms with Crippen molar-refractivity contribution >= 4 is 11.9 Å². The monoisotopic (exact) mass is 323 g/mol. The molecule has 0 aromatic rings. The molecule has 0 unspecified atom stereocenters. The first-order valence-corrected chi connectivity index (χ1v) is 8.99. The van der Waals surface area contributed by atoms with E-state index in [2.05, 4.69) is 0 Å². The van der Waals surface area contributed by atoms with Crippen LogP contribution in [0.5, 0.6) is 0 Å². The van der Waals surface area contributed by atoms with Crippen molar-refractivity contribution in [1.82, 2.24) is 14.7 Å². The summed E-state index contributed by atoms with van der Waals surface area (Å²) in [7, 11) is 0. The molecule has 0 aromatic heterocycles. The Balaban J connectivity index is 1.56. The maximum absolute atomic E-state index is 12.5. The number of likely N-dealkylation sites (tertiary alicyclic amines) is 3. The van der Waals surface area contributed by atoms with Crippen LogP contribution in [0.2, 0.25) is 0 Å². The molecule has 0 radical (unpaired) electrons. The molecular weight excluding hydrogens is 294 g/mol. The third-order valence-corrected chi connectivity index (χ3v) is 5.70. The number of piperidine rings is 2. The number of β-amino-alcohol motifs (C(OH)–C–C–N with tert-alkyl or cyclic N) is 1. The number of aliphatic hydroxyl groups excluding tert-OH is 1. The van der Waals surface area contributed by atoms with Gasteiger partial charge in [0.2, 0.25) is 5.91 Å². The quantitative estimate of drug-likeness (QED) is 0.833. The number of rotatable bonds is 2. The lowest BCUT2D eigenvalue weighted by molar-refractivity contribution is -0.140. The van der Waals surface area contributed by atoms with Crippen LogP contribution in [0, 0.1) is 5.41 Å². The van der Waals surface area contributed by atoms with Gasteiger partial charge in [-0.3, -0.25) is 4.79 Å². The van der Waals surface area contributed by atoms with Gasteiger partial charge in [0, 0.05) is 45.7 Å². The molecule has 1 spiro atoms. The van der Waals surface area contributed by atoms with Gasteiger partial charge in [0.1, 0.15) is 0 Å². The maximum atomic E-state index is 12.5. The van der Waals surface area contributed by atoms with Gasteiger partial charge in [-0.25, -0.2) is 4.79 Å². The average molecular weight is 323 g/mol. The third-order valence-electron chi connectivity index (χ3n) is 5.70. The van der Waals surface area contributed by atoms with Crippen LogP contribution in [0.15, 0.2) is 0 Å². The number of amides is 3. The molecule has 3 fully saturated rings. The second kappa shape index (κ2) is 6.67. The standard InChI is InChI=1S/C17H29N3O3/c1-14(21)12-20-13-17(5-4-15(20)22)6-10-19(11-7-17)16(23)18-8-2-3-9-18/h14,21H,2-13H2,1H3/t14-/m1/s1. The molecule has 130 valence electrons. The predicted octanol–water partition coefficient (Wildman–Crippen LogP) is 1.29. The summed E-state index contributed by atoms with van der Waals surface area (Å²) in [4.78, 5) is 30.3. The minimum Gasteiger partial charge on any atom is -0.392 e. The molecular formula is C17H29N3O3. The Kier molecular flexibility index (Phi) is 4.80. The van der Waals surface area contributed by atoms with Crippen LogP contribution >= 0.6 is 0 Å². The van der Waals surface area contributed by atoms with E-state index >= 15 is 0 Å². The van der Waals surface area contributed by atoms with E-state index in [1.54, 1.807) is 6.92 Å². The molecule has 3 aliphatic heterocycles. The van der Waals surface area contributed by atoms with Gasteiger partial charge in [-0.05, 0) is 44.4 Å². The summed E-state index contributed by atoms with van der Waals surface area (Å²) in [5, 5.41) is 9.59. The first kappa shape index (κ1) is 16.6. The highest BCUT2D eigenvalue weighted by molar-refractivity contribution is 5.77. The van der Waals surface area contributed by atoms with Crippen LogP contribution in [0.3, 0.4) is 0 Å². The van der Waals surface area contributed by atoms with E-state index in [-0.39, 0.29) is 17.4 Å². The van der Waals surface area contributed by atoms with Crippen LogP contribution in [0.4, 0.5) is 4.79 Å². The molecule has 3 saturated heterocycles. The van der Waals surface area contributed by atoms with E-state index in [1.165, 1.54) is 0 Å². The minimum absolute atomic E-state index is 0.143. The first-order chi connectivity index (χ1) is 11.0. The molecule has 3 heterocycles. The third kappa shape index (κ3) is 3.62. The Morgan fingerprint density at radius 1 is 1.13 bits per heavy atom. The lowest BCUT2D eigenvalue weighted by Crippen LogP contribution is -2.54. The smallest absolute Gasteiger partial charge is 0.319 e. The van der Waals surface area contributed by atoms with Gasteiger partial charge in [-0.15, -0.1) is 0 Å². The highest BCUT2D eigenvalue weighted by Gasteiger charge is 2.42. The lowest BCUT2D eigenvalue weighted by atomic mass is 9.72. The zero-order chi connectivity index (χ0) is 16.4. The molecule has 3 aliphatic rings. The fourth-order valence-corrected chi connectivity index (χ4v) is 4.28. The first-order valence-electron chi connectivity index (χ1n) is 8.99. The Hall–Kier alpha value is -1.30. The number of hydrogen-bond acceptors (Lipinski definition) is 3. The molecule has 3 rings (SSSR count). The summed E-state index contributed by atoms with van der Waals surface area (Å²) in [5.74, 6) is 0.159. The second-order valence-corrected chi connectivity index (χ2v) is 7.59. The summed E-state index contributed by atoms with van der Waals surface area (Å²) in [5.41, 5.74) is 0.143. The molecule has 0 saturated carbocycles. The fourth-order valence-electron chi connectivity index (χ4n) is 4.28. The largest absolute Gasteiger partial charge is 0.392 e. The maximum Gasteiger partial charge on any atom is 0.319 e. The SMILES string of the molecule is C[C@@H](O)CN1CC2(CCC1=O)CCN(C(=O)N1CCCC1)CC2. The van der Waals surface area contributed by atoms with Gasteiger partial charge in [-0.1, -0.05) is 0 Å². The van der Waals surface area contributed by atoms with Gasteiger partial charge in [0.05, 0.1) is 6.10 Å². The number of nitrogens with zero attached hydrogens (tertiary/aromatic N) is 3. The van der Waals surface area contributed by atoms with E-state index < -0.39 is 6.10 Å². The molecule has 1 N–H and O–H groups in total.